The van der Waals surface area contributed by atoms with Crippen molar-refractivity contribution in [2.45, 2.75) is 13.5 Å². The molecule has 0 radical (unpaired) electrons. The number of amides is 1. The molecule has 3 aromatic rings. The van der Waals surface area contributed by atoms with Gasteiger partial charge in [-0.15, -0.1) is 0 Å². The van der Waals surface area contributed by atoms with Crippen LogP contribution in [0.1, 0.15) is 22.3 Å². The van der Waals surface area contributed by atoms with E-state index in [9.17, 15) is 4.79 Å². The van der Waals surface area contributed by atoms with Gasteiger partial charge in [-0.1, -0.05) is 53.6 Å². The summed E-state index contributed by atoms with van der Waals surface area (Å²) in [6.07, 6.45) is 0. The number of nitrogens with zero attached hydrogens (tertiary/aromatic N) is 2. The van der Waals surface area contributed by atoms with Gasteiger partial charge >= 0.3 is 0 Å². The maximum Gasteiger partial charge on any atom is 0.248 e. The number of ether oxygens (including phenoxy) is 1. The lowest BCUT2D eigenvalue weighted by atomic mass is 9.99. The van der Waals surface area contributed by atoms with Crippen molar-refractivity contribution in [1.29, 1.82) is 0 Å². The van der Waals surface area contributed by atoms with Crippen LogP contribution in [0, 0.1) is 6.92 Å². The first kappa shape index (κ1) is 19.2. The van der Waals surface area contributed by atoms with Gasteiger partial charge in [-0.3, -0.25) is 9.79 Å². The summed E-state index contributed by atoms with van der Waals surface area (Å²) >= 11 is 6.31. The summed E-state index contributed by atoms with van der Waals surface area (Å²) in [5.41, 5.74) is 5.62. The smallest absolute Gasteiger partial charge is 0.248 e. The minimum atomic E-state index is -0.0495. The highest BCUT2D eigenvalue weighted by molar-refractivity contribution is 6.32. The second-order valence-electron chi connectivity index (χ2n) is 7.02. The van der Waals surface area contributed by atoms with Crippen LogP contribution in [0.2, 0.25) is 5.02 Å². The van der Waals surface area contributed by atoms with Crippen LogP contribution in [-0.2, 0) is 11.3 Å². The molecule has 0 unspecified atom stereocenters. The van der Waals surface area contributed by atoms with Gasteiger partial charge < -0.3 is 9.64 Å². The van der Waals surface area contributed by atoms with Crippen molar-refractivity contribution >= 4 is 28.9 Å². The quantitative estimate of drug-likeness (QED) is 0.611. The maximum absolute atomic E-state index is 13.0. The van der Waals surface area contributed by atoms with Crippen LogP contribution in [0.25, 0.3) is 0 Å². The highest BCUT2D eigenvalue weighted by Gasteiger charge is 2.25. The van der Waals surface area contributed by atoms with Crippen molar-refractivity contribution in [1.82, 2.24) is 0 Å². The van der Waals surface area contributed by atoms with E-state index >= 15 is 0 Å². The molecule has 29 heavy (non-hydrogen) atoms. The molecule has 0 aliphatic carbocycles. The molecule has 5 heteroatoms. The number of carbonyl (C=O) groups excluding carboxylic acids is 1. The first-order valence-corrected chi connectivity index (χ1v) is 9.77. The van der Waals surface area contributed by atoms with E-state index in [0.717, 1.165) is 33.8 Å². The van der Waals surface area contributed by atoms with Crippen molar-refractivity contribution in [3.8, 4) is 5.75 Å². The van der Waals surface area contributed by atoms with Crippen molar-refractivity contribution in [2.75, 3.05) is 18.6 Å². The van der Waals surface area contributed by atoms with E-state index in [1.165, 1.54) is 5.56 Å². The Labute approximate surface area is 175 Å². The van der Waals surface area contributed by atoms with Crippen molar-refractivity contribution in [2.24, 2.45) is 4.99 Å². The van der Waals surface area contributed by atoms with Gasteiger partial charge in [0.15, 0.2) is 0 Å². The molecule has 1 heterocycles. The second kappa shape index (κ2) is 8.10. The summed E-state index contributed by atoms with van der Waals surface area (Å²) in [5, 5.41) is 0.613. The van der Waals surface area contributed by atoms with Gasteiger partial charge in [0.2, 0.25) is 5.91 Å². The summed E-state index contributed by atoms with van der Waals surface area (Å²) in [5.74, 6) is 0.736. The number of hydrogen-bond acceptors (Lipinski definition) is 3. The summed E-state index contributed by atoms with van der Waals surface area (Å²) in [4.78, 5) is 19.4. The summed E-state index contributed by atoms with van der Waals surface area (Å²) in [6.45, 7) is 2.59. The first-order valence-electron chi connectivity index (χ1n) is 9.40. The lowest BCUT2D eigenvalue weighted by molar-refractivity contribution is -0.117. The number of benzene rings is 3. The number of fused-ring (bicyclic) bond motifs is 1. The molecule has 0 spiro atoms. The van der Waals surface area contributed by atoms with E-state index in [-0.39, 0.29) is 12.5 Å². The molecular formula is C24H21ClN2O2. The third-order valence-corrected chi connectivity index (χ3v) is 5.24. The summed E-state index contributed by atoms with van der Waals surface area (Å²) in [6, 6.07) is 21.5. The molecule has 1 aliphatic heterocycles. The monoisotopic (exact) mass is 404 g/mol. The van der Waals surface area contributed by atoms with Gasteiger partial charge in [-0.2, -0.15) is 0 Å². The van der Waals surface area contributed by atoms with Crippen LogP contribution in [0.4, 0.5) is 5.69 Å². The highest BCUT2D eigenvalue weighted by Crippen LogP contribution is 2.31. The van der Waals surface area contributed by atoms with Gasteiger partial charge in [0.1, 0.15) is 12.3 Å². The molecule has 0 atom stereocenters. The standard InChI is InChI=1S/C24H21ClN2O2/c1-16-3-7-18(8-4-16)24-21-13-19(25)9-12-22(21)27(23(28)14-26-24)15-17-5-10-20(29-2)11-6-17/h3-13H,14-15H2,1-2H3. The SMILES string of the molecule is COc1ccc(CN2C(=O)CN=C(c3ccc(C)cc3)c3cc(Cl)ccc32)cc1. The first-order chi connectivity index (χ1) is 14.0. The number of aryl methyl sites for hydroxylation is 1. The van der Waals surface area contributed by atoms with Crippen LogP contribution in [-0.4, -0.2) is 25.3 Å². The third-order valence-electron chi connectivity index (χ3n) is 5.00. The molecular weight excluding hydrogens is 384 g/mol. The second-order valence-corrected chi connectivity index (χ2v) is 7.46. The number of hydrogen-bond donors (Lipinski definition) is 0. The van der Waals surface area contributed by atoms with E-state index in [1.54, 1.807) is 12.0 Å². The minimum Gasteiger partial charge on any atom is -0.497 e. The van der Waals surface area contributed by atoms with Gasteiger partial charge in [0, 0.05) is 16.1 Å². The largest absolute Gasteiger partial charge is 0.497 e. The molecule has 4 rings (SSSR count). The zero-order valence-corrected chi connectivity index (χ0v) is 17.1. The van der Waals surface area contributed by atoms with Crippen LogP contribution in [0.5, 0.6) is 5.75 Å². The van der Waals surface area contributed by atoms with Gasteiger partial charge in [0.25, 0.3) is 0 Å². The zero-order chi connectivity index (χ0) is 20.4. The third kappa shape index (κ3) is 4.03. The summed E-state index contributed by atoms with van der Waals surface area (Å²) in [7, 11) is 1.64. The average molecular weight is 405 g/mol. The Bertz CT molecular complexity index is 1070. The lowest BCUT2D eigenvalue weighted by Gasteiger charge is -2.23. The average Bonchev–Trinajstić information content (AvgIpc) is 2.86. The molecule has 0 saturated carbocycles. The molecule has 4 nitrogen and oxygen atoms in total. The number of anilines is 1. The Morgan fingerprint density at radius 1 is 1.03 bits per heavy atom. The fourth-order valence-corrected chi connectivity index (χ4v) is 3.60. The Morgan fingerprint density at radius 3 is 2.45 bits per heavy atom. The lowest BCUT2D eigenvalue weighted by Crippen LogP contribution is -2.31. The zero-order valence-electron chi connectivity index (χ0n) is 16.4. The molecule has 1 amide bonds. The Morgan fingerprint density at radius 2 is 1.76 bits per heavy atom. The van der Waals surface area contributed by atoms with Gasteiger partial charge in [0.05, 0.1) is 25.1 Å². The number of rotatable bonds is 4. The van der Waals surface area contributed by atoms with Gasteiger partial charge in [-0.05, 0) is 42.8 Å². The molecule has 1 aliphatic rings. The van der Waals surface area contributed by atoms with E-state index in [2.05, 4.69) is 4.99 Å². The van der Waals surface area contributed by atoms with E-state index < -0.39 is 0 Å². The van der Waals surface area contributed by atoms with E-state index in [4.69, 9.17) is 16.3 Å². The molecule has 3 aromatic carbocycles. The number of carbonyl (C=O) groups is 1. The van der Waals surface area contributed by atoms with Gasteiger partial charge in [-0.25, -0.2) is 0 Å². The normalized spacial score (nSPS) is 13.6. The molecule has 0 saturated heterocycles. The Kier molecular flexibility index (Phi) is 5.36. The number of aliphatic imine (C=N–C) groups is 1. The molecule has 0 aromatic heterocycles. The van der Waals surface area contributed by atoms with Crippen molar-refractivity contribution in [3.63, 3.8) is 0 Å². The minimum absolute atomic E-state index is 0.0495. The number of benzodiazepines with no additional fused rings is 1. The maximum atomic E-state index is 13.0. The Balaban J connectivity index is 1.76. The summed E-state index contributed by atoms with van der Waals surface area (Å²) < 4.78 is 5.23. The van der Waals surface area contributed by atoms with Crippen LogP contribution >= 0.6 is 11.6 Å². The predicted molar refractivity (Wildman–Crippen MR) is 117 cm³/mol. The molecule has 0 bridgehead atoms. The van der Waals surface area contributed by atoms with Crippen LogP contribution < -0.4 is 9.64 Å². The Hall–Kier alpha value is -3.11. The fraction of sp³-hybridized carbons (Fsp3) is 0.167. The molecule has 0 N–H and O–H groups in total. The predicted octanol–water partition coefficient (Wildman–Crippen LogP) is 5.04. The van der Waals surface area contributed by atoms with E-state index in [0.29, 0.717) is 11.6 Å². The van der Waals surface area contributed by atoms with Crippen molar-refractivity contribution in [3.05, 3.63) is 94.0 Å². The topological polar surface area (TPSA) is 41.9 Å². The molecule has 0 fully saturated rings. The van der Waals surface area contributed by atoms with Crippen LogP contribution in [0.15, 0.2) is 71.7 Å². The van der Waals surface area contributed by atoms with Crippen molar-refractivity contribution < 1.29 is 9.53 Å². The molecule has 146 valence electrons. The highest BCUT2D eigenvalue weighted by atomic mass is 35.5. The number of halogens is 1. The number of methoxy groups -OCH3 is 1. The van der Waals surface area contributed by atoms with E-state index in [1.807, 2.05) is 73.7 Å². The van der Waals surface area contributed by atoms with Crippen LogP contribution in [0.3, 0.4) is 0 Å². The fourth-order valence-electron chi connectivity index (χ4n) is 3.43.